The number of halogens is 1. The third kappa shape index (κ3) is 5.65. The number of aryl methyl sites for hydroxylation is 1. The zero-order chi connectivity index (χ0) is 20.8. The van der Waals surface area contributed by atoms with Crippen LogP contribution in [0.3, 0.4) is 0 Å². The fourth-order valence-electron chi connectivity index (χ4n) is 2.70. The highest BCUT2D eigenvalue weighted by Gasteiger charge is 2.12. The summed E-state index contributed by atoms with van der Waals surface area (Å²) in [5.41, 5.74) is 3.55. The summed E-state index contributed by atoms with van der Waals surface area (Å²) >= 11 is 0. The zero-order valence-corrected chi connectivity index (χ0v) is 16.3. The van der Waals surface area contributed by atoms with Crippen molar-refractivity contribution in [2.24, 2.45) is 7.05 Å². The lowest BCUT2D eigenvalue weighted by Gasteiger charge is -2.05. The van der Waals surface area contributed by atoms with Crippen molar-refractivity contribution in [2.45, 2.75) is 6.61 Å². The third-order valence-corrected chi connectivity index (χ3v) is 4.41. The number of carbonyl (C=O) groups excluding carboxylic acids is 1. The molecule has 0 spiro atoms. The summed E-state index contributed by atoms with van der Waals surface area (Å²) in [5, 5.41) is 6.93. The molecule has 0 fully saturated rings. The Labute approximate surface area is 167 Å². The smallest absolute Gasteiger partial charge is 0.323 e. The van der Waals surface area contributed by atoms with Crippen molar-refractivity contribution in [2.75, 3.05) is 5.32 Å². The molecule has 0 aliphatic heterocycles. The molecule has 1 heterocycles. The highest BCUT2D eigenvalue weighted by molar-refractivity contribution is 7.32. The molecule has 2 N–H and O–H groups in total. The van der Waals surface area contributed by atoms with Gasteiger partial charge in [0.15, 0.2) is 0 Å². The van der Waals surface area contributed by atoms with E-state index in [0.717, 1.165) is 16.8 Å². The summed E-state index contributed by atoms with van der Waals surface area (Å²) in [6, 6.07) is 12.8. The molecule has 7 nitrogen and oxygen atoms in total. The SMILES string of the molecule is Cn1ncc(C=CC(=O)Nc2ccc(CO[P+](=O)O)cc2)c1-c1ccc(F)cc1. The summed E-state index contributed by atoms with van der Waals surface area (Å²) in [5.74, 6) is -0.656. The number of amides is 1. The van der Waals surface area contributed by atoms with Crippen molar-refractivity contribution in [3.05, 3.63) is 77.7 Å². The normalized spacial score (nSPS) is 11.6. The molecule has 148 valence electrons. The Morgan fingerprint density at radius 3 is 2.59 bits per heavy atom. The average Bonchev–Trinajstić information content (AvgIpc) is 3.07. The number of hydrogen-bond acceptors (Lipinski definition) is 4. The van der Waals surface area contributed by atoms with Gasteiger partial charge in [-0.25, -0.2) is 4.39 Å². The van der Waals surface area contributed by atoms with Crippen molar-refractivity contribution in [3.8, 4) is 11.3 Å². The quantitative estimate of drug-likeness (QED) is 0.450. The molecule has 0 radical (unpaired) electrons. The Bertz CT molecular complexity index is 1050. The van der Waals surface area contributed by atoms with Crippen LogP contribution in [0.25, 0.3) is 17.3 Å². The molecule has 1 aromatic heterocycles. The highest BCUT2D eigenvalue weighted by atomic mass is 31.1. The van der Waals surface area contributed by atoms with Gasteiger partial charge in [-0.2, -0.15) is 5.10 Å². The third-order valence-electron chi connectivity index (χ3n) is 4.06. The minimum Gasteiger partial charge on any atom is -0.323 e. The van der Waals surface area contributed by atoms with E-state index in [-0.39, 0.29) is 18.3 Å². The fraction of sp³-hybridized carbons (Fsp3) is 0.100. The van der Waals surface area contributed by atoms with Crippen LogP contribution in [0.4, 0.5) is 10.1 Å². The lowest BCUT2D eigenvalue weighted by Crippen LogP contribution is -2.07. The van der Waals surface area contributed by atoms with Gasteiger partial charge in [-0.1, -0.05) is 12.1 Å². The lowest BCUT2D eigenvalue weighted by atomic mass is 10.1. The van der Waals surface area contributed by atoms with Crippen LogP contribution >= 0.6 is 8.25 Å². The number of hydrogen-bond donors (Lipinski definition) is 2. The Morgan fingerprint density at radius 1 is 1.24 bits per heavy atom. The number of nitrogens with one attached hydrogen (secondary N) is 1. The fourth-order valence-corrected chi connectivity index (χ4v) is 2.96. The molecule has 0 bridgehead atoms. The van der Waals surface area contributed by atoms with E-state index in [1.807, 2.05) is 0 Å². The molecule has 2 aromatic carbocycles. The molecule has 0 saturated heterocycles. The molecule has 0 aliphatic rings. The number of aromatic nitrogens is 2. The summed E-state index contributed by atoms with van der Waals surface area (Å²) < 4.78 is 30.0. The minimum absolute atomic E-state index is 0.00695. The maximum absolute atomic E-state index is 13.2. The Kier molecular flexibility index (Phi) is 6.61. The van der Waals surface area contributed by atoms with Crippen LogP contribution < -0.4 is 5.32 Å². The van der Waals surface area contributed by atoms with Gasteiger partial charge in [0.2, 0.25) is 5.91 Å². The van der Waals surface area contributed by atoms with Crippen molar-refractivity contribution in [3.63, 3.8) is 0 Å². The first kappa shape index (κ1) is 20.5. The van der Waals surface area contributed by atoms with Gasteiger partial charge < -0.3 is 5.32 Å². The number of carbonyl (C=O) groups is 1. The van der Waals surface area contributed by atoms with Gasteiger partial charge in [0.05, 0.1) is 11.9 Å². The van der Waals surface area contributed by atoms with Crippen LogP contribution in [0.1, 0.15) is 11.1 Å². The van der Waals surface area contributed by atoms with E-state index < -0.39 is 8.25 Å². The largest absolute Gasteiger partial charge is 0.695 e. The molecule has 3 aromatic rings. The topological polar surface area (TPSA) is 93.5 Å². The van der Waals surface area contributed by atoms with E-state index in [4.69, 9.17) is 4.89 Å². The van der Waals surface area contributed by atoms with Gasteiger partial charge >= 0.3 is 8.25 Å². The molecule has 3 rings (SSSR count). The molecule has 1 unspecified atom stereocenters. The summed E-state index contributed by atoms with van der Waals surface area (Å²) in [6.07, 6.45) is 4.65. The first-order valence-electron chi connectivity index (χ1n) is 8.57. The molecule has 29 heavy (non-hydrogen) atoms. The molecular weight excluding hydrogens is 396 g/mol. The number of rotatable bonds is 7. The average molecular weight is 414 g/mol. The molecule has 9 heteroatoms. The van der Waals surface area contributed by atoms with Crippen LogP contribution in [0.2, 0.25) is 0 Å². The zero-order valence-electron chi connectivity index (χ0n) is 15.4. The van der Waals surface area contributed by atoms with E-state index in [2.05, 4.69) is 14.9 Å². The number of anilines is 1. The molecule has 0 saturated carbocycles. The first-order chi connectivity index (χ1) is 13.9. The molecule has 1 atom stereocenters. The van der Waals surface area contributed by atoms with Gasteiger partial charge in [-0.05, 0) is 48.0 Å². The monoisotopic (exact) mass is 414 g/mol. The van der Waals surface area contributed by atoms with E-state index in [1.165, 1.54) is 18.2 Å². The molecular formula is C20H18FN3O4P+. The maximum Gasteiger partial charge on any atom is 0.695 e. The second kappa shape index (κ2) is 9.34. The lowest BCUT2D eigenvalue weighted by molar-refractivity contribution is -0.111. The molecule has 1 amide bonds. The predicted octanol–water partition coefficient (Wildman–Crippen LogP) is 4.04. The second-order valence-corrected chi connectivity index (χ2v) is 6.84. The van der Waals surface area contributed by atoms with Crippen molar-refractivity contribution in [1.29, 1.82) is 0 Å². The van der Waals surface area contributed by atoms with Gasteiger partial charge in [-0.3, -0.25) is 9.48 Å². The second-order valence-electron chi connectivity index (χ2n) is 6.11. The van der Waals surface area contributed by atoms with Crippen LogP contribution in [-0.2, 0) is 27.5 Å². The predicted molar refractivity (Wildman–Crippen MR) is 107 cm³/mol. The number of benzene rings is 2. The van der Waals surface area contributed by atoms with E-state index in [0.29, 0.717) is 11.3 Å². The molecule has 0 aliphatic carbocycles. The van der Waals surface area contributed by atoms with Crippen molar-refractivity contribution >= 4 is 25.9 Å². The number of nitrogens with zero attached hydrogens (tertiary/aromatic N) is 2. The van der Waals surface area contributed by atoms with E-state index in [1.54, 1.807) is 60.4 Å². The summed E-state index contributed by atoms with van der Waals surface area (Å²) in [4.78, 5) is 20.9. The van der Waals surface area contributed by atoms with E-state index >= 15 is 0 Å². The van der Waals surface area contributed by atoms with Gasteiger partial charge in [0, 0.05) is 34.5 Å². The standard InChI is InChI=1S/C20H17FN3O4P/c1-24-20(15-4-7-17(21)8-5-15)16(12-22-24)6-11-19(25)23-18-9-2-14(3-10-18)13-28-29(26)27/h2-12H,13H2,1H3,(H-,23,25,26,27)/p+1. The van der Waals surface area contributed by atoms with Crippen molar-refractivity contribution < 1.29 is 23.2 Å². The Morgan fingerprint density at radius 2 is 1.93 bits per heavy atom. The Hall–Kier alpha value is -3.19. The van der Waals surface area contributed by atoms with Crippen LogP contribution in [0.5, 0.6) is 0 Å². The van der Waals surface area contributed by atoms with Crippen LogP contribution in [0.15, 0.2) is 60.8 Å². The first-order valence-corrected chi connectivity index (χ1v) is 9.70. The highest BCUT2D eigenvalue weighted by Crippen LogP contribution is 2.24. The minimum atomic E-state index is -2.65. The maximum atomic E-state index is 13.2. The van der Waals surface area contributed by atoms with Crippen molar-refractivity contribution in [1.82, 2.24) is 9.78 Å². The van der Waals surface area contributed by atoms with Gasteiger partial charge in [0.25, 0.3) is 0 Å². The van der Waals surface area contributed by atoms with Gasteiger partial charge in [-0.15, -0.1) is 9.42 Å². The van der Waals surface area contributed by atoms with Crippen LogP contribution in [-0.4, -0.2) is 20.6 Å². The van der Waals surface area contributed by atoms with E-state index in [9.17, 15) is 13.8 Å². The van der Waals surface area contributed by atoms with Gasteiger partial charge in [0.1, 0.15) is 12.4 Å². The van der Waals surface area contributed by atoms with Crippen LogP contribution in [0, 0.1) is 5.82 Å². The summed E-state index contributed by atoms with van der Waals surface area (Å²) in [7, 11) is -0.875. The summed E-state index contributed by atoms with van der Waals surface area (Å²) in [6.45, 7) is 0.00695. The Balaban J connectivity index is 1.67.